The summed E-state index contributed by atoms with van der Waals surface area (Å²) in [5.41, 5.74) is 0.719. The number of piperidine rings is 1. The lowest BCUT2D eigenvalue weighted by Crippen LogP contribution is -2.57. The number of carbonyl (C=O) groups excluding carboxylic acids is 2. The van der Waals surface area contributed by atoms with Crippen LogP contribution in [0.2, 0.25) is 0 Å². The number of amides is 3. The average molecular weight is 492 g/mol. The van der Waals surface area contributed by atoms with E-state index in [1.54, 1.807) is 19.1 Å². The zero-order chi connectivity index (χ0) is 25.1. The first-order valence-electron chi connectivity index (χ1n) is 12.4. The molecule has 1 atom stereocenters. The number of urea groups is 1. The summed E-state index contributed by atoms with van der Waals surface area (Å²) < 4.78 is 25.3. The van der Waals surface area contributed by atoms with Crippen LogP contribution >= 0.6 is 0 Å². The summed E-state index contributed by atoms with van der Waals surface area (Å²) in [5, 5.41) is 3.01. The number of fused-ring (bicyclic) bond motifs is 1. The number of nitrogens with zero attached hydrogens (tertiary/aromatic N) is 2. The van der Waals surface area contributed by atoms with Crippen molar-refractivity contribution in [2.75, 3.05) is 32.8 Å². The van der Waals surface area contributed by atoms with E-state index in [1.165, 1.54) is 17.0 Å². The Hall–Kier alpha value is -3.57. The largest absolute Gasteiger partial charge is 0.486 e. The normalized spacial score (nSPS) is 22.2. The molecule has 0 aliphatic carbocycles. The number of hydrogen-bond acceptors (Lipinski definition) is 5. The molecule has 0 saturated carbocycles. The van der Waals surface area contributed by atoms with Gasteiger partial charge in [-0.25, -0.2) is 9.18 Å². The molecule has 188 valence electrons. The van der Waals surface area contributed by atoms with E-state index in [2.05, 4.69) is 28.1 Å². The van der Waals surface area contributed by atoms with Gasteiger partial charge in [-0.1, -0.05) is 24.1 Å². The lowest BCUT2D eigenvalue weighted by Gasteiger charge is -2.41. The Labute approximate surface area is 210 Å². The van der Waals surface area contributed by atoms with Gasteiger partial charge in [0.2, 0.25) is 0 Å². The van der Waals surface area contributed by atoms with Gasteiger partial charge in [0.25, 0.3) is 5.91 Å². The number of likely N-dealkylation sites (tertiary alicyclic amines) is 1. The smallest absolute Gasteiger partial charge is 0.325 e. The van der Waals surface area contributed by atoms with Crippen molar-refractivity contribution < 1.29 is 23.5 Å². The van der Waals surface area contributed by atoms with Crippen LogP contribution in [0, 0.1) is 23.6 Å². The molecular formula is C28H30FN3O4. The molecule has 7 nitrogen and oxygen atoms in total. The van der Waals surface area contributed by atoms with Crippen molar-refractivity contribution in [1.29, 1.82) is 0 Å². The van der Waals surface area contributed by atoms with Crippen molar-refractivity contribution in [2.24, 2.45) is 5.92 Å². The Morgan fingerprint density at radius 1 is 1.06 bits per heavy atom. The van der Waals surface area contributed by atoms with E-state index in [0.29, 0.717) is 18.8 Å². The molecule has 3 aliphatic rings. The van der Waals surface area contributed by atoms with Crippen LogP contribution in [0.3, 0.4) is 0 Å². The van der Waals surface area contributed by atoms with Crippen LogP contribution in [0.1, 0.15) is 30.9 Å². The Kier molecular flexibility index (Phi) is 6.84. The number of benzene rings is 2. The molecule has 0 aromatic heterocycles. The maximum absolute atomic E-state index is 14.0. The second-order valence-electron chi connectivity index (χ2n) is 9.55. The minimum atomic E-state index is -1.11. The predicted octanol–water partition coefficient (Wildman–Crippen LogP) is 3.37. The number of halogens is 1. The molecule has 2 aromatic carbocycles. The summed E-state index contributed by atoms with van der Waals surface area (Å²) in [6, 6.07) is 11.9. The van der Waals surface area contributed by atoms with Crippen molar-refractivity contribution in [3.8, 4) is 23.3 Å². The van der Waals surface area contributed by atoms with Gasteiger partial charge in [0.05, 0.1) is 6.54 Å². The fraction of sp³-hybridized carbons (Fsp3) is 0.429. The lowest BCUT2D eigenvalue weighted by molar-refractivity contribution is -0.133. The molecule has 5 rings (SSSR count). The fourth-order valence-corrected chi connectivity index (χ4v) is 5.48. The van der Waals surface area contributed by atoms with Crippen molar-refractivity contribution >= 4 is 11.9 Å². The van der Waals surface area contributed by atoms with Gasteiger partial charge in [0.1, 0.15) is 24.6 Å². The van der Waals surface area contributed by atoms with Crippen LogP contribution < -0.4 is 14.8 Å². The first kappa shape index (κ1) is 24.1. The Morgan fingerprint density at radius 3 is 2.58 bits per heavy atom. The molecule has 2 fully saturated rings. The number of carbonyl (C=O) groups is 2. The number of rotatable bonds is 6. The Morgan fingerprint density at radius 2 is 1.83 bits per heavy atom. The molecule has 0 bridgehead atoms. The molecule has 0 unspecified atom stereocenters. The van der Waals surface area contributed by atoms with Crippen LogP contribution in [0.4, 0.5) is 9.18 Å². The molecular weight excluding hydrogens is 461 g/mol. The summed E-state index contributed by atoms with van der Waals surface area (Å²) in [5.74, 6) is 6.42. The standard InChI is InChI=1S/C28H30FN3O4/c1-2-3-11-32-26(33)28(30-27(32)34,18-20-5-4-6-23(29)16-20)22-9-12-31(13-10-22)19-21-7-8-24-25(17-21)36-15-14-35-24/h4-8,16-17,22H,9-15,18-19H2,1H3,(H,30,34)/t28-/m1/s1. The zero-order valence-electron chi connectivity index (χ0n) is 20.4. The summed E-state index contributed by atoms with van der Waals surface area (Å²) in [6.45, 7) is 5.16. The third-order valence-corrected chi connectivity index (χ3v) is 7.29. The third-order valence-electron chi connectivity index (χ3n) is 7.29. The second-order valence-corrected chi connectivity index (χ2v) is 9.55. The molecule has 3 aliphatic heterocycles. The van der Waals surface area contributed by atoms with E-state index in [0.717, 1.165) is 49.5 Å². The van der Waals surface area contributed by atoms with Gasteiger partial charge in [0, 0.05) is 13.0 Å². The molecule has 2 saturated heterocycles. The van der Waals surface area contributed by atoms with Crippen LogP contribution in [0.25, 0.3) is 0 Å². The minimum Gasteiger partial charge on any atom is -0.486 e. The molecule has 0 radical (unpaired) electrons. The predicted molar refractivity (Wildman–Crippen MR) is 132 cm³/mol. The molecule has 3 amide bonds. The van der Waals surface area contributed by atoms with Crippen LogP contribution in [-0.4, -0.2) is 60.1 Å². The summed E-state index contributed by atoms with van der Waals surface area (Å²) >= 11 is 0. The highest BCUT2D eigenvalue weighted by atomic mass is 19.1. The number of ether oxygens (including phenoxy) is 2. The maximum Gasteiger partial charge on any atom is 0.325 e. The van der Waals surface area contributed by atoms with Gasteiger partial charge >= 0.3 is 6.03 Å². The maximum atomic E-state index is 14.0. The molecule has 3 heterocycles. The van der Waals surface area contributed by atoms with Gasteiger partial charge in [-0.2, -0.15) is 0 Å². The second kappa shape index (κ2) is 10.2. The summed E-state index contributed by atoms with van der Waals surface area (Å²) in [4.78, 5) is 30.1. The van der Waals surface area contributed by atoms with E-state index in [9.17, 15) is 14.0 Å². The van der Waals surface area contributed by atoms with Gasteiger partial charge in [-0.3, -0.25) is 14.6 Å². The van der Waals surface area contributed by atoms with Gasteiger partial charge in [-0.15, -0.1) is 5.92 Å². The molecule has 0 spiro atoms. The van der Waals surface area contributed by atoms with E-state index >= 15 is 0 Å². The third kappa shape index (κ3) is 4.76. The van der Waals surface area contributed by atoms with Crippen molar-refractivity contribution in [3.05, 3.63) is 59.4 Å². The summed E-state index contributed by atoms with van der Waals surface area (Å²) in [7, 11) is 0. The highest BCUT2D eigenvalue weighted by Gasteiger charge is 2.55. The molecule has 1 N–H and O–H groups in total. The highest BCUT2D eigenvalue weighted by Crippen LogP contribution is 2.37. The van der Waals surface area contributed by atoms with Gasteiger partial charge in [0.15, 0.2) is 11.5 Å². The van der Waals surface area contributed by atoms with Crippen LogP contribution in [0.15, 0.2) is 42.5 Å². The van der Waals surface area contributed by atoms with Gasteiger partial charge in [-0.05, 0) is 74.2 Å². The molecule has 2 aromatic rings. The fourth-order valence-electron chi connectivity index (χ4n) is 5.48. The molecule has 8 heteroatoms. The highest BCUT2D eigenvalue weighted by molar-refractivity contribution is 6.07. The number of imide groups is 1. The van der Waals surface area contributed by atoms with Crippen LogP contribution in [0.5, 0.6) is 11.5 Å². The van der Waals surface area contributed by atoms with E-state index in [-0.39, 0.29) is 30.6 Å². The van der Waals surface area contributed by atoms with Crippen molar-refractivity contribution in [2.45, 2.75) is 38.3 Å². The SMILES string of the molecule is CC#CCN1C(=O)N[C@](Cc2cccc(F)c2)(C2CCN(Cc3ccc4c(c3)OCCO4)CC2)C1=O. The number of hydrogen-bond donors (Lipinski definition) is 1. The topological polar surface area (TPSA) is 71.1 Å². The van der Waals surface area contributed by atoms with E-state index in [1.807, 2.05) is 12.1 Å². The van der Waals surface area contributed by atoms with Gasteiger partial charge < -0.3 is 14.8 Å². The monoisotopic (exact) mass is 491 g/mol. The molecule has 36 heavy (non-hydrogen) atoms. The van der Waals surface area contributed by atoms with Crippen LogP contribution in [-0.2, 0) is 17.8 Å². The average Bonchev–Trinajstić information content (AvgIpc) is 3.12. The Balaban J connectivity index is 1.32. The first-order chi connectivity index (χ1) is 17.5. The minimum absolute atomic E-state index is 0.0506. The summed E-state index contributed by atoms with van der Waals surface area (Å²) in [6.07, 6.45) is 1.72. The number of nitrogens with one attached hydrogen (secondary N) is 1. The lowest BCUT2D eigenvalue weighted by atomic mass is 9.74. The van der Waals surface area contributed by atoms with Crippen molar-refractivity contribution in [1.82, 2.24) is 15.1 Å². The van der Waals surface area contributed by atoms with E-state index < -0.39 is 11.6 Å². The zero-order valence-corrected chi connectivity index (χ0v) is 20.4. The first-order valence-corrected chi connectivity index (χ1v) is 12.4. The Bertz CT molecular complexity index is 1210. The van der Waals surface area contributed by atoms with E-state index in [4.69, 9.17) is 9.47 Å². The van der Waals surface area contributed by atoms with Crippen molar-refractivity contribution in [3.63, 3.8) is 0 Å². The quantitative estimate of drug-likeness (QED) is 0.496.